The Morgan fingerprint density at radius 3 is 1.23 bits per heavy atom. The molecule has 0 spiro atoms. The molecule has 11 rings (SSSR count). The summed E-state index contributed by atoms with van der Waals surface area (Å²) >= 11 is 0. The highest BCUT2D eigenvalue weighted by molar-refractivity contribution is 7.04. The quantitative estimate of drug-likeness (QED) is 0.151. The first-order chi connectivity index (χ1) is 30.0. The molecule has 4 nitrogen and oxygen atoms in total. The number of nitrogens with zero attached hydrogens (tertiary/aromatic N) is 4. The van der Waals surface area contributed by atoms with Gasteiger partial charge in [-0.3, -0.25) is 0 Å². The van der Waals surface area contributed by atoms with E-state index < -0.39 is 8.07 Å². The van der Waals surface area contributed by atoms with Crippen LogP contribution in [0.25, 0.3) is 101 Å². The second-order valence-electron chi connectivity index (χ2n) is 16.3. The van der Waals surface area contributed by atoms with Crippen molar-refractivity contribution in [2.75, 3.05) is 0 Å². The lowest BCUT2D eigenvalue weighted by molar-refractivity contribution is 1.20. The third-order valence-corrected chi connectivity index (χ3v) is 15.5. The van der Waals surface area contributed by atoms with Gasteiger partial charge < -0.3 is 0 Å². The minimum absolute atomic E-state index is 0.748. The molecule has 288 valence electrons. The number of benzene rings is 8. The van der Waals surface area contributed by atoms with Gasteiger partial charge in [0.1, 0.15) is 8.07 Å². The average Bonchev–Trinajstić information content (AvgIpc) is 3.57. The molecule has 0 fully saturated rings. The van der Waals surface area contributed by atoms with Gasteiger partial charge in [-0.25, -0.2) is 19.9 Å². The number of aromatic nitrogens is 4. The molecule has 0 N–H and O–H groups in total. The molecule has 0 saturated carbocycles. The third kappa shape index (κ3) is 6.56. The van der Waals surface area contributed by atoms with Gasteiger partial charge in [-0.15, -0.1) is 0 Å². The van der Waals surface area contributed by atoms with Crippen molar-refractivity contribution in [3.8, 4) is 89.8 Å². The Kier molecular flexibility index (Phi) is 8.91. The Bertz CT molecular complexity index is 3290. The van der Waals surface area contributed by atoms with E-state index >= 15 is 0 Å². The van der Waals surface area contributed by atoms with E-state index in [1.165, 1.54) is 15.9 Å². The number of rotatable bonds is 7. The average molecular weight is 797 g/mol. The second-order valence-corrected chi connectivity index (χ2v) is 20.5. The van der Waals surface area contributed by atoms with Crippen LogP contribution in [0.1, 0.15) is 0 Å². The van der Waals surface area contributed by atoms with Gasteiger partial charge in [0.15, 0.2) is 5.82 Å². The van der Waals surface area contributed by atoms with Crippen LogP contribution in [0.4, 0.5) is 0 Å². The number of fused-ring (bicyclic) bond motifs is 4. The summed E-state index contributed by atoms with van der Waals surface area (Å²) in [5.74, 6) is 0.748. The summed E-state index contributed by atoms with van der Waals surface area (Å²) in [4.78, 5) is 21.0. The standard InChI is InChI=1S/C56H40N4Si/c1-61(2)50-32-12-9-29-47(50)54-55(61)53(38-19-7-4-8-20-38)59-56(60-54)46-28-16-26-44(36-46)42-24-14-22-40(34-42)39-21-13-23-41(33-39)43-25-15-27-45(35-43)52-51(37-17-5-3-6-18-37)57-48-30-10-11-31-49(48)58-52/h3-36H,1-2H3. The van der Waals surface area contributed by atoms with Crippen molar-refractivity contribution >= 4 is 29.5 Å². The monoisotopic (exact) mass is 796 g/mol. The van der Waals surface area contributed by atoms with E-state index in [0.717, 1.165) is 95.3 Å². The maximum atomic E-state index is 5.38. The summed E-state index contributed by atoms with van der Waals surface area (Å²) in [6.45, 7) is 4.85. The van der Waals surface area contributed by atoms with Gasteiger partial charge in [-0.2, -0.15) is 0 Å². The van der Waals surface area contributed by atoms with Crippen molar-refractivity contribution in [1.29, 1.82) is 0 Å². The van der Waals surface area contributed by atoms with Crippen molar-refractivity contribution in [2.45, 2.75) is 13.1 Å². The molecule has 0 saturated heterocycles. The Hall–Kier alpha value is -7.60. The molecule has 5 heteroatoms. The zero-order valence-corrected chi connectivity index (χ0v) is 34.9. The lowest BCUT2D eigenvalue weighted by atomic mass is 9.94. The fourth-order valence-electron chi connectivity index (χ4n) is 8.99. The van der Waals surface area contributed by atoms with E-state index in [-0.39, 0.29) is 0 Å². The minimum Gasteiger partial charge on any atom is -0.244 e. The second kappa shape index (κ2) is 14.9. The molecule has 0 amide bonds. The van der Waals surface area contributed by atoms with Crippen molar-refractivity contribution < 1.29 is 0 Å². The van der Waals surface area contributed by atoms with Crippen LogP contribution >= 0.6 is 0 Å². The van der Waals surface area contributed by atoms with E-state index in [0.29, 0.717) is 0 Å². The van der Waals surface area contributed by atoms with Crippen LogP contribution in [0, 0.1) is 0 Å². The van der Waals surface area contributed by atoms with Gasteiger partial charge >= 0.3 is 0 Å². The molecule has 0 aliphatic carbocycles. The fourth-order valence-corrected chi connectivity index (χ4v) is 12.2. The SMILES string of the molecule is C[Si]1(C)c2ccccc2-c2nc(-c3cccc(-c4cccc(-c5cccc(-c6cccc(-c7nc8ccccc8nc7-c7ccccc7)c6)c5)c4)c3)nc(-c3ccccc3)c21. The van der Waals surface area contributed by atoms with Gasteiger partial charge in [0.2, 0.25) is 0 Å². The van der Waals surface area contributed by atoms with Gasteiger partial charge in [0.05, 0.1) is 33.8 Å². The minimum atomic E-state index is -2.03. The van der Waals surface area contributed by atoms with Gasteiger partial charge in [0, 0.05) is 22.3 Å². The molecule has 0 unspecified atom stereocenters. The van der Waals surface area contributed by atoms with Crippen molar-refractivity contribution in [3.63, 3.8) is 0 Å². The number of hydrogen-bond acceptors (Lipinski definition) is 4. The van der Waals surface area contributed by atoms with Gasteiger partial charge in [0.25, 0.3) is 0 Å². The largest absolute Gasteiger partial charge is 0.244 e. The summed E-state index contributed by atoms with van der Waals surface area (Å²) in [5, 5.41) is 2.74. The van der Waals surface area contributed by atoms with Crippen LogP contribution in [-0.4, -0.2) is 28.0 Å². The summed E-state index contributed by atoms with van der Waals surface area (Å²) in [6.07, 6.45) is 0. The zero-order valence-electron chi connectivity index (χ0n) is 33.9. The Morgan fingerprint density at radius 1 is 0.295 bits per heavy atom. The molecule has 2 aromatic heterocycles. The molecular formula is C56H40N4Si. The molecule has 0 atom stereocenters. The van der Waals surface area contributed by atoms with Crippen LogP contribution in [0.15, 0.2) is 206 Å². The summed E-state index contributed by atoms with van der Waals surface area (Å²) < 4.78 is 0. The van der Waals surface area contributed by atoms with Crippen LogP contribution in [0.2, 0.25) is 13.1 Å². The highest BCUT2D eigenvalue weighted by Gasteiger charge is 2.41. The highest BCUT2D eigenvalue weighted by Crippen LogP contribution is 2.37. The molecular weight excluding hydrogens is 757 g/mol. The van der Waals surface area contributed by atoms with E-state index in [1.807, 2.05) is 30.3 Å². The first-order valence-corrected chi connectivity index (χ1v) is 23.8. The van der Waals surface area contributed by atoms with Crippen LogP contribution in [0.5, 0.6) is 0 Å². The van der Waals surface area contributed by atoms with Crippen LogP contribution in [-0.2, 0) is 0 Å². The van der Waals surface area contributed by atoms with Crippen molar-refractivity contribution in [3.05, 3.63) is 206 Å². The molecule has 1 aliphatic rings. The lowest BCUT2D eigenvalue weighted by Gasteiger charge is -2.21. The summed E-state index contributed by atoms with van der Waals surface area (Å²) in [6, 6.07) is 72.8. The highest BCUT2D eigenvalue weighted by atomic mass is 28.3. The number of hydrogen-bond donors (Lipinski definition) is 0. The van der Waals surface area contributed by atoms with Crippen LogP contribution in [0.3, 0.4) is 0 Å². The Balaban J connectivity index is 0.948. The molecule has 10 aromatic rings. The van der Waals surface area contributed by atoms with Crippen molar-refractivity contribution in [1.82, 2.24) is 19.9 Å². The third-order valence-electron chi connectivity index (χ3n) is 12.0. The van der Waals surface area contributed by atoms with Gasteiger partial charge in [-0.05, 0) is 85.7 Å². The summed E-state index contributed by atoms with van der Waals surface area (Å²) in [5.41, 5.74) is 17.9. The number of para-hydroxylation sites is 2. The fraction of sp³-hybridized carbons (Fsp3) is 0.0357. The first kappa shape index (κ1) is 36.5. The van der Waals surface area contributed by atoms with E-state index in [4.69, 9.17) is 19.9 Å². The topological polar surface area (TPSA) is 51.6 Å². The molecule has 61 heavy (non-hydrogen) atoms. The van der Waals surface area contributed by atoms with Crippen LogP contribution < -0.4 is 10.4 Å². The first-order valence-electron chi connectivity index (χ1n) is 20.8. The Labute approximate surface area is 357 Å². The maximum Gasteiger partial charge on any atom is 0.160 e. The van der Waals surface area contributed by atoms with E-state index in [1.54, 1.807) is 0 Å². The van der Waals surface area contributed by atoms with Crippen molar-refractivity contribution in [2.24, 2.45) is 0 Å². The lowest BCUT2D eigenvalue weighted by Crippen LogP contribution is -2.50. The molecule has 8 aromatic carbocycles. The predicted octanol–water partition coefficient (Wildman–Crippen LogP) is 12.9. The molecule has 0 bridgehead atoms. The normalized spacial score (nSPS) is 12.6. The van der Waals surface area contributed by atoms with E-state index in [2.05, 4.69) is 189 Å². The summed E-state index contributed by atoms with van der Waals surface area (Å²) in [7, 11) is -2.03. The Morgan fingerprint density at radius 2 is 0.672 bits per heavy atom. The molecule has 0 radical (unpaired) electrons. The van der Waals surface area contributed by atoms with Gasteiger partial charge in [-0.1, -0.05) is 183 Å². The van der Waals surface area contributed by atoms with E-state index in [9.17, 15) is 0 Å². The smallest absolute Gasteiger partial charge is 0.160 e. The maximum absolute atomic E-state index is 5.38. The molecule has 3 heterocycles. The predicted molar refractivity (Wildman–Crippen MR) is 255 cm³/mol. The molecule has 1 aliphatic heterocycles. The zero-order chi connectivity index (χ0) is 40.9.